The smallest absolute Gasteiger partial charge is 0.325 e. The Kier molecular flexibility index (Phi) is 6.40. The molecule has 1 fully saturated rings. The molecule has 7 nitrogen and oxygen atoms in total. The third kappa shape index (κ3) is 4.30. The number of para-hydroxylation sites is 1. The molecule has 1 atom stereocenters. The Morgan fingerprint density at radius 3 is 2.50 bits per heavy atom. The molecule has 2 N–H and O–H groups in total. The lowest BCUT2D eigenvalue weighted by Gasteiger charge is -2.22. The first kappa shape index (κ1) is 21.4. The second kappa shape index (κ2) is 8.98. The zero-order valence-corrected chi connectivity index (χ0v) is 17.5. The lowest BCUT2D eigenvalue weighted by atomic mass is 9.91. The van der Waals surface area contributed by atoms with Crippen LogP contribution in [0.25, 0.3) is 0 Å². The molecule has 0 bridgehead atoms. The van der Waals surface area contributed by atoms with E-state index in [2.05, 4.69) is 17.6 Å². The van der Waals surface area contributed by atoms with E-state index in [-0.39, 0.29) is 13.1 Å². The second-order valence-electron chi connectivity index (χ2n) is 7.48. The van der Waals surface area contributed by atoms with Crippen LogP contribution in [0.5, 0.6) is 5.75 Å². The van der Waals surface area contributed by atoms with Gasteiger partial charge in [-0.2, -0.15) is 0 Å². The lowest BCUT2D eigenvalue weighted by Crippen LogP contribution is -2.43. The fourth-order valence-electron chi connectivity index (χ4n) is 3.57. The SMILES string of the molecule is CCCc1ccc([C@]2(C)NC(=O)N(CC(=O)NCc3ccccc3OC)C2=O)cc1. The van der Waals surface area contributed by atoms with Gasteiger partial charge in [-0.25, -0.2) is 4.79 Å². The van der Waals surface area contributed by atoms with Gasteiger partial charge in [-0.05, 0) is 30.5 Å². The first-order valence-electron chi connectivity index (χ1n) is 10.0. The minimum atomic E-state index is -1.19. The quantitative estimate of drug-likeness (QED) is 0.657. The van der Waals surface area contributed by atoms with Crippen LogP contribution in [0.4, 0.5) is 4.79 Å². The number of benzene rings is 2. The number of hydrogen-bond donors (Lipinski definition) is 2. The van der Waals surface area contributed by atoms with E-state index in [9.17, 15) is 14.4 Å². The predicted molar refractivity (Wildman–Crippen MR) is 113 cm³/mol. The normalized spacial score (nSPS) is 18.3. The summed E-state index contributed by atoms with van der Waals surface area (Å²) < 4.78 is 5.27. The average Bonchev–Trinajstić information content (AvgIpc) is 2.97. The summed E-state index contributed by atoms with van der Waals surface area (Å²) in [4.78, 5) is 38.8. The maximum absolute atomic E-state index is 13.0. The number of carbonyl (C=O) groups excluding carboxylic acids is 3. The van der Waals surface area contributed by atoms with Gasteiger partial charge in [0.15, 0.2) is 0 Å². The summed E-state index contributed by atoms with van der Waals surface area (Å²) in [6.45, 7) is 3.66. The van der Waals surface area contributed by atoms with E-state index in [4.69, 9.17) is 4.74 Å². The summed E-state index contributed by atoms with van der Waals surface area (Å²) in [5, 5.41) is 5.47. The summed E-state index contributed by atoms with van der Waals surface area (Å²) in [5.41, 5.74) is 1.49. The van der Waals surface area contributed by atoms with Crippen LogP contribution < -0.4 is 15.4 Å². The Hall–Kier alpha value is -3.35. The molecule has 2 aromatic carbocycles. The van der Waals surface area contributed by atoms with Crippen LogP contribution in [-0.2, 0) is 28.1 Å². The number of hydrogen-bond acceptors (Lipinski definition) is 4. The highest BCUT2D eigenvalue weighted by Crippen LogP contribution is 2.29. The lowest BCUT2D eigenvalue weighted by molar-refractivity contribution is -0.134. The fourth-order valence-corrected chi connectivity index (χ4v) is 3.57. The van der Waals surface area contributed by atoms with E-state index in [1.54, 1.807) is 20.1 Å². The number of urea groups is 1. The van der Waals surface area contributed by atoms with E-state index < -0.39 is 23.4 Å². The molecule has 1 aliphatic heterocycles. The maximum atomic E-state index is 13.0. The summed E-state index contributed by atoms with van der Waals surface area (Å²) >= 11 is 0. The van der Waals surface area contributed by atoms with Gasteiger partial charge in [-0.3, -0.25) is 14.5 Å². The second-order valence-corrected chi connectivity index (χ2v) is 7.48. The molecule has 1 heterocycles. The molecule has 158 valence electrons. The molecule has 0 aromatic heterocycles. The Labute approximate surface area is 176 Å². The molecule has 0 radical (unpaired) electrons. The van der Waals surface area contributed by atoms with Gasteiger partial charge < -0.3 is 15.4 Å². The third-order valence-corrected chi connectivity index (χ3v) is 5.32. The Morgan fingerprint density at radius 2 is 1.83 bits per heavy atom. The summed E-state index contributed by atoms with van der Waals surface area (Å²) in [5.74, 6) is -0.206. The van der Waals surface area contributed by atoms with Crippen molar-refractivity contribution >= 4 is 17.8 Å². The Bertz CT molecular complexity index is 942. The molecule has 0 saturated carbocycles. The number of rotatable bonds is 8. The Morgan fingerprint density at radius 1 is 1.13 bits per heavy atom. The molecule has 0 spiro atoms. The first-order valence-corrected chi connectivity index (χ1v) is 10.0. The molecule has 30 heavy (non-hydrogen) atoms. The highest BCUT2D eigenvalue weighted by molar-refractivity contribution is 6.09. The van der Waals surface area contributed by atoms with Crippen molar-refractivity contribution in [3.05, 3.63) is 65.2 Å². The number of amides is 4. The van der Waals surface area contributed by atoms with Gasteiger partial charge in [0.1, 0.15) is 17.8 Å². The van der Waals surface area contributed by atoms with Crippen molar-refractivity contribution in [2.45, 2.75) is 38.8 Å². The van der Waals surface area contributed by atoms with Crippen LogP contribution in [0.2, 0.25) is 0 Å². The fraction of sp³-hybridized carbons (Fsp3) is 0.348. The molecular weight excluding hydrogens is 382 g/mol. The number of methoxy groups -OCH3 is 1. The number of nitrogens with one attached hydrogen (secondary N) is 2. The zero-order valence-electron chi connectivity index (χ0n) is 17.5. The van der Waals surface area contributed by atoms with Gasteiger partial charge in [-0.15, -0.1) is 0 Å². The van der Waals surface area contributed by atoms with Crippen LogP contribution in [0.1, 0.15) is 37.0 Å². The van der Waals surface area contributed by atoms with Crippen molar-refractivity contribution in [1.82, 2.24) is 15.5 Å². The van der Waals surface area contributed by atoms with Crippen LogP contribution in [-0.4, -0.2) is 36.4 Å². The van der Waals surface area contributed by atoms with Gasteiger partial charge in [0, 0.05) is 12.1 Å². The number of ether oxygens (including phenoxy) is 1. The largest absolute Gasteiger partial charge is 0.496 e. The summed E-state index contributed by atoms with van der Waals surface area (Å²) in [6, 6.07) is 14.4. The summed E-state index contributed by atoms with van der Waals surface area (Å²) in [6.07, 6.45) is 1.99. The van der Waals surface area contributed by atoms with Gasteiger partial charge in [-0.1, -0.05) is 55.8 Å². The molecule has 4 amide bonds. The molecular formula is C23H27N3O4. The highest BCUT2D eigenvalue weighted by Gasteiger charge is 2.49. The number of aryl methyl sites for hydroxylation is 1. The minimum Gasteiger partial charge on any atom is -0.496 e. The summed E-state index contributed by atoms with van der Waals surface area (Å²) in [7, 11) is 1.56. The van der Waals surface area contributed by atoms with E-state index in [0.717, 1.165) is 23.3 Å². The van der Waals surface area contributed by atoms with Crippen molar-refractivity contribution in [2.24, 2.45) is 0 Å². The van der Waals surface area contributed by atoms with Crippen molar-refractivity contribution in [2.75, 3.05) is 13.7 Å². The Balaban J connectivity index is 1.66. The van der Waals surface area contributed by atoms with E-state index >= 15 is 0 Å². The van der Waals surface area contributed by atoms with Crippen LogP contribution in [0.15, 0.2) is 48.5 Å². The molecule has 2 aromatic rings. The van der Waals surface area contributed by atoms with Crippen molar-refractivity contribution in [3.8, 4) is 5.75 Å². The number of nitrogens with zero attached hydrogens (tertiary/aromatic N) is 1. The molecule has 1 aliphatic rings. The predicted octanol–water partition coefficient (Wildman–Crippen LogP) is 2.73. The number of imide groups is 1. The molecule has 0 unspecified atom stereocenters. The van der Waals surface area contributed by atoms with Gasteiger partial charge >= 0.3 is 6.03 Å². The average molecular weight is 409 g/mol. The van der Waals surface area contributed by atoms with Gasteiger partial charge in [0.05, 0.1) is 7.11 Å². The molecule has 3 rings (SSSR count). The topological polar surface area (TPSA) is 87.7 Å². The van der Waals surface area contributed by atoms with Crippen molar-refractivity contribution in [1.29, 1.82) is 0 Å². The minimum absolute atomic E-state index is 0.239. The standard InChI is InChI=1S/C23H27N3O4/c1-4-7-16-10-12-18(13-11-16)23(2)21(28)26(22(29)25-23)15-20(27)24-14-17-8-5-6-9-19(17)30-3/h5-6,8-13H,4,7,14-15H2,1-3H3,(H,24,27)(H,25,29)/t23-/m0/s1. The zero-order chi connectivity index (χ0) is 21.7. The molecule has 7 heteroatoms. The van der Waals surface area contributed by atoms with Gasteiger partial charge in [0.25, 0.3) is 5.91 Å². The van der Waals surface area contributed by atoms with Crippen molar-refractivity contribution < 1.29 is 19.1 Å². The monoisotopic (exact) mass is 409 g/mol. The van der Waals surface area contributed by atoms with Crippen LogP contribution in [0, 0.1) is 0 Å². The van der Waals surface area contributed by atoms with Gasteiger partial charge in [0.2, 0.25) is 5.91 Å². The van der Waals surface area contributed by atoms with E-state index in [1.165, 1.54) is 5.56 Å². The van der Waals surface area contributed by atoms with Crippen molar-refractivity contribution in [3.63, 3.8) is 0 Å². The van der Waals surface area contributed by atoms with Crippen LogP contribution >= 0.6 is 0 Å². The molecule has 1 saturated heterocycles. The molecule has 0 aliphatic carbocycles. The first-order chi connectivity index (χ1) is 14.4. The number of carbonyl (C=O) groups is 3. The maximum Gasteiger partial charge on any atom is 0.325 e. The van der Waals surface area contributed by atoms with E-state index in [0.29, 0.717) is 11.3 Å². The van der Waals surface area contributed by atoms with E-state index in [1.807, 2.05) is 42.5 Å². The third-order valence-electron chi connectivity index (χ3n) is 5.32. The highest BCUT2D eigenvalue weighted by atomic mass is 16.5. The van der Waals surface area contributed by atoms with Crippen LogP contribution in [0.3, 0.4) is 0 Å².